The first-order chi connectivity index (χ1) is 8.12. The number of anilines is 1. The molecule has 2 rings (SSSR count). The highest BCUT2D eigenvalue weighted by molar-refractivity contribution is 7.13. The van der Waals surface area contributed by atoms with Gasteiger partial charge in [-0.2, -0.15) is 0 Å². The van der Waals surface area contributed by atoms with Gasteiger partial charge in [-0.3, -0.25) is 0 Å². The van der Waals surface area contributed by atoms with Crippen LogP contribution in [0.3, 0.4) is 0 Å². The van der Waals surface area contributed by atoms with Crippen molar-refractivity contribution < 1.29 is 0 Å². The Kier molecular flexibility index (Phi) is 4.05. The summed E-state index contributed by atoms with van der Waals surface area (Å²) >= 11 is 1.71. The number of aromatic nitrogens is 1. The van der Waals surface area contributed by atoms with Crippen molar-refractivity contribution in [2.75, 3.05) is 18.4 Å². The fourth-order valence-electron chi connectivity index (χ4n) is 2.36. The van der Waals surface area contributed by atoms with Crippen molar-refractivity contribution >= 4 is 16.5 Å². The van der Waals surface area contributed by atoms with E-state index in [2.05, 4.69) is 41.8 Å². The average molecular weight is 253 g/mol. The first-order valence-corrected chi connectivity index (χ1v) is 7.41. The lowest BCUT2D eigenvalue weighted by Gasteiger charge is -2.39. The molecule has 2 N–H and O–H groups in total. The van der Waals surface area contributed by atoms with Crippen LogP contribution in [0.4, 0.5) is 5.13 Å². The van der Waals surface area contributed by atoms with Crippen LogP contribution in [-0.2, 0) is 6.42 Å². The maximum atomic E-state index is 4.54. The summed E-state index contributed by atoms with van der Waals surface area (Å²) in [6, 6.07) is 0.547. The van der Waals surface area contributed by atoms with Gasteiger partial charge in [-0.25, -0.2) is 4.98 Å². The van der Waals surface area contributed by atoms with Gasteiger partial charge in [-0.1, -0.05) is 20.8 Å². The van der Waals surface area contributed by atoms with Crippen molar-refractivity contribution in [3.63, 3.8) is 0 Å². The molecule has 1 saturated heterocycles. The zero-order chi connectivity index (χ0) is 12.3. The van der Waals surface area contributed by atoms with Gasteiger partial charge in [-0.05, 0) is 31.2 Å². The van der Waals surface area contributed by atoms with Crippen LogP contribution in [0.15, 0.2) is 5.38 Å². The summed E-state index contributed by atoms with van der Waals surface area (Å²) in [6.07, 6.45) is 3.62. The predicted molar refractivity (Wildman–Crippen MR) is 74.8 cm³/mol. The quantitative estimate of drug-likeness (QED) is 0.866. The average Bonchev–Trinajstić information content (AvgIpc) is 2.75. The Morgan fingerprint density at radius 2 is 2.41 bits per heavy atom. The van der Waals surface area contributed by atoms with Crippen LogP contribution in [0.2, 0.25) is 0 Å². The smallest absolute Gasteiger partial charge is 0.182 e. The highest BCUT2D eigenvalue weighted by atomic mass is 32.1. The minimum Gasteiger partial charge on any atom is -0.360 e. The van der Waals surface area contributed by atoms with E-state index in [9.17, 15) is 0 Å². The van der Waals surface area contributed by atoms with Gasteiger partial charge < -0.3 is 10.6 Å². The minimum atomic E-state index is 0.385. The van der Waals surface area contributed by atoms with Crippen molar-refractivity contribution in [3.8, 4) is 0 Å². The molecule has 1 aromatic heterocycles. The lowest BCUT2D eigenvalue weighted by Crippen LogP contribution is -2.50. The van der Waals surface area contributed by atoms with Crippen molar-refractivity contribution in [1.29, 1.82) is 0 Å². The van der Waals surface area contributed by atoms with Crippen LogP contribution in [0.1, 0.15) is 39.3 Å². The number of nitrogens with zero attached hydrogens (tertiary/aromatic N) is 1. The van der Waals surface area contributed by atoms with Gasteiger partial charge >= 0.3 is 0 Å². The molecule has 3 nitrogen and oxygen atoms in total. The zero-order valence-corrected chi connectivity index (χ0v) is 11.9. The molecule has 1 atom stereocenters. The molecule has 0 aromatic carbocycles. The van der Waals surface area contributed by atoms with Gasteiger partial charge in [-0.15, -0.1) is 11.3 Å². The summed E-state index contributed by atoms with van der Waals surface area (Å²) in [5, 5.41) is 10.3. The molecular weight excluding hydrogens is 230 g/mol. The normalized spacial score (nSPS) is 23.6. The molecule has 0 radical (unpaired) electrons. The molecule has 4 heteroatoms. The van der Waals surface area contributed by atoms with Crippen LogP contribution >= 0.6 is 11.3 Å². The number of thiazole rings is 1. The van der Waals surface area contributed by atoms with Crippen molar-refractivity contribution in [3.05, 3.63) is 11.1 Å². The molecule has 0 bridgehead atoms. The molecule has 1 unspecified atom stereocenters. The molecule has 1 aromatic rings. The van der Waals surface area contributed by atoms with E-state index in [0.29, 0.717) is 11.5 Å². The molecule has 1 aliphatic rings. The van der Waals surface area contributed by atoms with Crippen LogP contribution in [-0.4, -0.2) is 24.1 Å². The van der Waals surface area contributed by atoms with E-state index in [1.807, 2.05) is 0 Å². The van der Waals surface area contributed by atoms with Gasteiger partial charge in [0.1, 0.15) is 0 Å². The van der Waals surface area contributed by atoms with Crippen LogP contribution in [0.5, 0.6) is 0 Å². The summed E-state index contributed by atoms with van der Waals surface area (Å²) in [5.41, 5.74) is 1.57. The SMILES string of the molecule is CCc1csc(NCC2NCCCC2(C)C)n1. The van der Waals surface area contributed by atoms with Crippen molar-refractivity contribution in [2.45, 2.75) is 46.1 Å². The number of piperidine rings is 1. The number of nitrogens with one attached hydrogen (secondary N) is 2. The summed E-state index contributed by atoms with van der Waals surface area (Å²) in [5.74, 6) is 0. The lowest BCUT2D eigenvalue weighted by atomic mass is 9.77. The third-order valence-electron chi connectivity index (χ3n) is 3.70. The van der Waals surface area contributed by atoms with E-state index in [-0.39, 0.29) is 0 Å². The molecule has 1 aliphatic heterocycles. The molecule has 2 heterocycles. The van der Waals surface area contributed by atoms with Crippen molar-refractivity contribution in [2.24, 2.45) is 5.41 Å². The molecule has 1 fully saturated rings. The first-order valence-electron chi connectivity index (χ1n) is 6.53. The molecule has 17 heavy (non-hydrogen) atoms. The second-order valence-electron chi connectivity index (χ2n) is 5.48. The summed E-state index contributed by atoms with van der Waals surface area (Å²) in [6.45, 7) is 8.97. The summed E-state index contributed by atoms with van der Waals surface area (Å²) in [4.78, 5) is 4.54. The largest absolute Gasteiger partial charge is 0.360 e. The molecule has 0 amide bonds. The fraction of sp³-hybridized carbons (Fsp3) is 0.769. The highest BCUT2D eigenvalue weighted by Crippen LogP contribution is 2.30. The van der Waals surface area contributed by atoms with E-state index < -0.39 is 0 Å². The first kappa shape index (κ1) is 12.8. The molecular formula is C13H23N3S. The molecule has 0 saturated carbocycles. The zero-order valence-electron chi connectivity index (χ0n) is 11.0. The maximum Gasteiger partial charge on any atom is 0.182 e. The second kappa shape index (κ2) is 5.36. The topological polar surface area (TPSA) is 37.0 Å². The number of rotatable bonds is 4. The minimum absolute atomic E-state index is 0.385. The Morgan fingerprint density at radius 1 is 1.59 bits per heavy atom. The van der Waals surface area contributed by atoms with Crippen LogP contribution < -0.4 is 10.6 Å². The van der Waals surface area contributed by atoms with Gasteiger partial charge in [0, 0.05) is 18.0 Å². The summed E-state index contributed by atoms with van der Waals surface area (Å²) in [7, 11) is 0. The van der Waals surface area contributed by atoms with Gasteiger partial charge in [0.05, 0.1) is 5.69 Å². The van der Waals surface area contributed by atoms with Gasteiger partial charge in [0.2, 0.25) is 0 Å². The Bertz CT molecular complexity index is 359. The second-order valence-corrected chi connectivity index (χ2v) is 6.34. The lowest BCUT2D eigenvalue weighted by molar-refractivity contribution is 0.188. The summed E-state index contributed by atoms with van der Waals surface area (Å²) < 4.78 is 0. The van der Waals surface area contributed by atoms with Gasteiger partial charge in [0.25, 0.3) is 0 Å². The maximum absolute atomic E-state index is 4.54. The van der Waals surface area contributed by atoms with E-state index >= 15 is 0 Å². The van der Waals surface area contributed by atoms with Gasteiger partial charge in [0.15, 0.2) is 5.13 Å². The Labute approximate surface area is 108 Å². The van der Waals surface area contributed by atoms with Crippen LogP contribution in [0.25, 0.3) is 0 Å². The monoisotopic (exact) mass is 253 g/mol. The van der Waals surface area contributed by atoms with Crippen LogP contribution in [0, 0.1) is 5.41 Å². The van der Waals surface area contributed by atoms with Crippen molar-refractivity contribution in [1.82, 2.24) is 10.3 Å². The van der Waals surface area contributed by atoms with E-state index in [4.69, 9.17) is 0 Å². The third-order valence-corrected chi connectivity index (χ3v) is 4.55. The number of hydrogen-bond acceptors (Lipinski definition) is 4. The molecule has 0 aliphatic carbocycles. The standard InChI is InChI=1S/C13H23N3S/c1-4-10-9-17-12(16-10)15-8-11-13(2,3)6-5-7-14-11/h9,11,14H,4-8H2,1-3H3,(H,15,16). The van der Waals surface area contributed by atoms with E-state index in [1.165, 1.54) is 18.5 Å². The van der Waals surface area contributed by atoms with E-state index in [0.717, 1.165) is 24.6 Å². The van der Waals surface area contributed by atoms with E-state index in [1.54, 1.807) is 11.3 Å². The number of hydrogen-bond donors (Lipinski definition) is 2. The Balaban J connectivity index is 1.88. The number of aryl methyl sites for hydroxylation is 1. The molecule has 96 valence electrons. The highest BCUT2D eigenvalue weighted by Gasteiger charge is 2.31. The third kappa shape index (κ3) is 3.19. The fourth-order valence-corrected chi connectivity index (χ4v) is 3.16. The predicted octanol–water partition coefficient (Wildman–Crippen LogP) is 2.90. The Hall–Kier alpha value is -0.610. The Morgan fingerprint density at radius 3 is 3.06 bits per heavy atom. The molecule has 0 spiro atoms.